The lowest BCUT2D eigenvalue weighted by atomic mass is 9.82. The third kappa shape index (κ3) is 13.4. The van der Waals surface area contributed by atoms with Gasteiger partial charge in [-0.15, -0.1) is 23.5 Å². The van der Waals surface area contributed by atoms with E-state index in [2.05, 4.69) is 52.3 Å². The number of Topliss-reactive ketones (excluding diaryl/α,β-unsaturated/α-hetero) is 1. The quantitative estimate of drug-likeness (QED) is 0.0370. The Hall–Kier alpha value is -4.80. The van der Waals surface area contributed by atoms with Crippen molar-refractivity contribution in [3.05, 3.63) is 143 Å². The van der Waals surface area contributed by atoms with Gasteiger partial charge in [0.2, 0.25) is 11.8 Å². The van der Waals surface area contributed by atoms with Crippen molar-refractivity contribution in [1.29, 1.82) is 0 Å². The van der Waals surface area contributed by atoms with Gasteiger partial charge in [0.25, 0.3) is 0 Å². The minimum absolute atomic E-state index is 0.00338. The number of thioether (sulfide) groups is 3. The number of fused-ring (bicyclic) bond motifs is 1. The number of nitrogens with two attached hydrogens (primary N) is 1. The fraction of sp³-hybridized carbons (Fsp3) is 0.431. The Morgan fingerprint density at radius 3 is 1.85 bits per heavy atom. The highest BCUT2D eigenvalue weighted by atomic mass is 32.2. The topological polar surface area (TPSA) is 169 Å². The summed E-state index contributed by atoms with van der Waals surface area (Å²) in [6, 6.07) is 33.3. The molecule has 15 heteroatoms. The van der Waals surface area contributed by atoms with E-state index in [4.69, 9.17) is 15.2 Å². The largest absolute Gasteiger partial charge is 0.467 e. The lowest BCUT2D eigenvalue weighted by molar-refractivity contribution is -0.146. The summed E-state index contributed by atoms with van der Waals surface area (Å²) in [5, 5.41) is 8.94. The standard InChI is InChI=1S/C51H65N5O7S3/c1-34(57)53-33-66-50(5,6)45(52)44(58)43-40-27-19-18-20-35(40)30-42(46(59)55-41(28-29-64-8)47(60)62-7)56(43)31-39(54-48(61)63-49(2,3)4)32-65-51(36-21-12-9-13-22-36,37-23-14-10-15-24-37)38-25-16-11-17-26-38/h9-27,39,41-43,45H,28-33,52H2,1-8H3,(H,53,57)(H,54,61)(H,55,59)/t39-,41?,42+,43?,45-/m1/s1. The van der Waals surface area contributed by atoms with Crippen LogP contribution in [0.1, 0.15) is 81.8 Å². The van der Waals surface area contributed by atoms with E-state index in [-0.39, 0.29) is 36.3 Å². The van der Waals surface area contributed by atoms with Crippen LogP contribution in [0.2, 0.25) is 0 Å². The van der Waals surface area contributed by atoms with Crippen LogP contribution in [0.15, 0.2) is 115 Å². The lowest BCUT2D eigenvalue weighted by Gasteiger charge is -2.45. The van der Waals surface area contributed by atoms with Gasteiger partial charge in [-0.05, 0) is 87.3 Å². The number of ether oxygens (including phenoxy) is 2. The number of amides is 3. The molecule has 1 aliphatic heterocycles. The first-order chi connectivity index (χ1) is 31.4. The molecule has 4 aromatic rings. The van der Waals surface area contributed by atoms with E-state index in [1.54, 1.807) is 44.3 Å². The first-order valence-electron chi connectivity index (χ1n) is 22.1. The maximum Gasteiger partial charge on any atom is 0.407 e. The van der Waals surface area contributed by atoms with Gasteiger partial charge in [-0.2, -0.15) is 11.8 Å². The van der Waals surface area contributed by atoms with Gasteiger partial charge in [0.05, 0.1) is 41.9 Å². The van der Waals surface area contributed by atoms with Gasteiger partial charge < -0.3 is 31.2 Å². The number of nitrogens with one attached hydrogen (secondary N) is 3. The zero-order chi connectivity index (χ0) is 48.1. The molecule has 2 unspecified atom stereocenters. The fourth-order valence-corrected chi connectivity index (χ4v) is 11.1. The molecular formula is C51H65N5O7S3. The summed E-state index contributed by atoms with van der Waals surface area (Å²) >= 11 is 4.52. The van der Waals surface area contributed by atoms with E-state index in [0.29, 0.717) is 17.7 Å². The second-order valence-electron chi connectivity index (χ2n) is 17.8. The van der Waals surface area contributed by atoms with Crippen LogP contribution in [0.3, 0.4) is 0 Å². The number of hydrogen-bond donors (Lipinski definition) is 4. The van der Waals surface area contributed by atoms with E-state index in [1.165, 1.54) is 25.8 Å². The third-order valence-electron chi connectivity index (χ3n) is 11.5. The minimum Gasteiger partial charge on any atom is -0.467 e. The second kappa shape index (κ2) is 23.8. The molecule has 4 aromatic carbocycles. The van der Waals surface area contributed by atoms with Gasteiger partial charge in [-0.1, -0.05) is 115 Å². The SMILES string of the molecule is COC(=O)C(CCSC)NC(=O)[C@@H]1Cc2ccccc2C(C(=O)[C@@H](N)C(C)(C)SCNC(C)=O)N1C[C@H](CSC(c1ccccc1)(c1ccccc1)c1ccccc1)NC(=O)OC(C)(C)C. The molecule has 5 N–H and O–H groups in total. The Kier molecular flexibility index (Phi) is 18.8. The van der Waals surface area contributed by atoms with Crippen LogP contribution in [0.25, 0.3) is 0 Å². The Balaban J connectivity index is 1.68. The van der Waals surface area contributed by atoms with Crippen LogP contribution in [0.5, 0.6) is 0 Å². The molecule has 1 heterocycles. The average Bonchev–Trinajstić information content (AvgIpc) is 3.29. The smallest absolute Gasteiger partial charge is 0.407 e. The number of carbonyl (C=O) groups is 5. The molecular weight excluding hydrogens is 891 g/mol. The predicted octanol–water partition coefficient (Wildman–Crippen LogP) is 7.49. The minimum atomic E-state index is -1.07. The van der Waals surface area contributed by atoms with E-state index >= 15 is 4.79 Å². The Morgan fingerprint density at radius 1 is 0.788 bits per heavy atom. The second-order valence-corrected chi connectivity index (χ2v) is 21.7. The summed E-state index contributed by atoms with van der Waals surface area (Å²) < 4.78 is 9.38. The van der Waals surface area contributed by atoms with Crippen LogP contribution in [0, 0.1) is 0 Å². The molecule has 5 atom stereocenters. The van der Waals surface area contributed by atoms with Crippen molar-refractivity contribution in [2.24, 2.45) is 5.73 Å². The van der Waals surface area contributed by atoms with Crippen LogP contribution in [0.4, 0.5) is 4.79 Å². The van der Waals surface area contributed by atoms with Crippen LogP contribution >= 0.6 is 35.3 Å². The number of benzene rings is 4. The molecule has 3 amide bonds. The first-order valence-corrected chi connectivity index (χ1v) is 25.5. The Morgan fingerprint density at radius 2 is 1.33 bits per heavy atom. The molecule has 0 saturated heterocycles. The van der Waals surface area contributed by atoms with Crippen LogP contribution < -0.4 is 21.7 Å². The molecule has 1 aliphatic rings. The molecule has 0 bridgehead atoms. The zero-order valence-electron chi connectivity index (χ0n) is 39.2. The molecule has 0 saturated carbocycles. The van der Waals surface area contributed by atoms with Crippen molar-refractivity contribution in [2.75, 3.05) is 37.3 Å². The maximum absolute atomic E-state index is 15.4. The maximum atomic E-state index is 15.4. The van der Waals surface area contributed by atoms with Crippen molar-refractivity contribution < 1.29 is 33.4 Å². The van der Waals surface area contributed by atoms with E-state index in [1.807, 2.05) is 104 Å². The molecule has 0 fully saturated rings. The van der Waals surface area contributed by atoms with Gasteiger partial charge >= 0.3 is 12.1 Å². The monoisotopic (exact) mass is 955 g/mol. The molecule has 354 valence electrons. The summed E-state index contributed by atoms with van der Waals surface area (Å²) in [6.07, 6.45) is 1.79. The van der Waals surface area contributed by atoms with Gasteiger partial charge in [-0.3, -0.25) is 19.3 Å². The van der Waals surface area contributed by atoms with E-state index < -0.39 is 63.3 Å². The third-order valence-corrected chi connectivity index (χ3v) is 15.1. The number of rotatable bonds is 21. The van der Waals surface area contributed by atoms with Crippen molar-refractivity contribution in [3.8, 4) is 0 Å². The number of ketones is 1. The van der Waals surface area contributed by atoms with Gasteiger partial charge in [0, 0.05) is 24.0 Å². The highest BCUT2D eigenvalue weighted by Gasteiger charge is 2.48. The molecule has 0 aliphatic carbocycles. The summed E-state index contributed by atoms with van der Waals surface area (Å²) in [4.78, 5) is 71.1. The number of carbonyl (C=O) groups excluding carboxylic acids is 5. The summed E-state index contributed by atoms with van der Waals surface area (Å²) in [6.45, 7) is 10.5. The molecule has 66 heavy (non-hydrogen) atoms. The molecule has 0 spiro atoms. The van der Waals surface area contributed by atoms with E-state index in [0.717, 1.165) is 22.3 Å². The van der Waals surface area contributed by atoms with E-state index in [9.17, 15) is 19.2 Å². The Bertz CT molecular complexity index is 2150. The predicted molar refractivity (Wildman–Crippen MR) is 268 cm³/mol. The molecule has 5 rings (SSSR count). The number of methoxy groups -OCH3 is 1. The number of nitrogens with zero attached hydrogens (tertiary/aromatic N) is 1. The summed E-state index contributed by atoms with van der Waals surface area (Å²) in [7, 11) is 1.29. The lowest BCUT2D eigenvalue weighted by Crippen LogP contribution is -2.62. The van der Waals surface area contributed by atoms with Gasteiger partial charge in [0.1, 0.15) is 11.6 Å². The van der Waals surface area contributed by atoms with Crippen molar-refractivity contribution in [2.45, 2.75) is 99.7 Å². The van der Waals surface area contributed by atoms with Crippen molar-refractivity contribution in [1.82, 2.24) is 20.9 Å². The van der Waals surface area contributed by atoms with Crippen LogP contribution in [-0.2, 0) is 39.8 Å². The average molecular weight is 956 g/mol. The Labute approximate surface area is 403 Å². The number of hydrogen-bond acceptors (Lipinski definition) is 12. The molecule has 12 nitrogen and oxygen atoms in total. The van der Waals surface area contributed by atoms with Crippen molar-refractivity contribution in [3.63, 3.8) is 0 Å². The first kappa shape index (κ1) is 52.2. The van der Waals surface area contributed by atoms with Crippen LogP contribution in [-0.4, -0.2) is 106 Å². The summed E-state index contributed by atoms with van der Waals surface area (Å²) in [5.41, 5.74) is 10.7. The fourth-order valence-electron chi connectivity index (χ4n) is 8.15. The molecule has 0 aromatic heterocycles. The number of esters is 1. The highest BCUT2D eigenvalue weighted by molar-refractivity contribution is 8.01. The normalized spacial score (nSPS) is 16.7. The number of alkyl carbamates (subject to hydrolysis) is 1. The highest BCUT2D eigenvalue weighted by Crippen LogP contribution is 2.49. The zero-order valence-corrected chi connectivity index (χ0v) is 41.7. The van der Waals surface area contributed by atoms with Gasteiger partial charge in [0.15, 0.2) is 5.78 Å². The van der Waals surface area contributed by atoms with Gasteiger partial charge in [-0.25, -0.2) is 9.59 Å². The van der Waals surface area contributed by atoms with Crippen molar-refractivity contribution >= 4 is 64.9 Å². The molecule has 0 radical (unpaired) electrons. The summed E-state index contributed by atoms with van der Waals surface area (Å²) in [5.74, 6) is -0.495.